The molecule has 102 valence electrons. The number of carbonyl (C=O) groups excluding carboxylic acids is 2. The number of carboxylic acid groups (broad SMARTS) is 1. The molecule has 1 aliphatic carbocycles. The zero-order chi connectivity index (χ0) is 13.5. The van der Waals surface area contributed by atoms with E-state index in [1.807, 2.05) is 0 Å². The van der Waals surface area contributed by atoms with Gasteiger partial charge in [-0.15, -0.1) is 0 Å². The van der Waals surface area contributed by atoms with Gasteiger partial charge < -0.3 is 10.4 Å². The Hall–Kier alpha value is -1.63. The van der Waals surface area contributed by atoms with Crippen LogP contribution in [0.25, 0.3) is 0 Å². The third-order valence-corrected chi connectivity index (χ3v) is 2.71. The molecule has 1 rings (SSSR count). The Morgan fingerprint density at radius 1 is 1.33 bits per heavy atom. The number of hydrogen-bond acceptors (Lipinski definition) is 4. The van der Waals surface area contributed by atoms with Gasteiger partial charge in [0, 0.05) is 26.6 Å². The molecule has 1 aliphatic rings. The lowest BCUT2D eigenvalue weighted by atomic mass is 10.3. The van der Waals surface area contributed by atoms with Gasteiger partial charge in [-0.1, -0.05) is 0 Å². The number of amides is 3. The molecule has 0 saturated heterocycles. The molecule has 18 heavy (non-hydrogen) atoms. The predicted molar refractivity (Wildman–Crippen MR) is 64.0 cm³/mol. The van der Waals surface area contributed by atoms with E-state index in [9.17, 15) is 14.4 Å². The molecule has 3 amide bonds. The van der Waals surface area contributed by atoms with E-state index < -0.39 is 17.9 Å². The lowest BCUT2D eigenvalue weighted by Crippen LogP contribution is -2.40. The Labute approximate surface area is 106 Å². The highest BCUT2D eigenvalue weighted by Crippen LogP contribution is 2.29. The van der Waals surface area contributed by atoms with Crippen LogP contribution in [-0.2, 0) is 9.59 Å². The minimum atomic E-state index is -0.901. The van der Waals surface area contributed by atoms with E-state index in [-0.39, 0.29) is 13.0 Å². The van der Waals surface area contributed by atoms with Crippen LogP contribution in [0.4, 0.5) is 4.79 Å². The maximum absolute atomic E-state index is 11.4. The van der Waals surface area contributed by atoms with Crippen molar-refractivity contribution in [2.45, 2.75) is 19.3 Å². The Morgan fingerprint density at radius 3 is 2.50 bits per heavy atom. The number of urea groups is 1. The average Bonchev–Trinajstić information content (AvgIpc) is 3.09. The first kappa shape index (κ1) is 14.4. The fraction of sp³-hybridized carbons (Fsp3) is 0.727. The predicted octanol–water partition coefficient (Wildman–Crippen LogP) is -0.371. The second-order valence-corrected chi connectivity index (χ2v) is 4.45. The van der Waals surface area contributed by atoms with Crippen LogP contribution in [0.1, 0.15) is 19.3 Å². The van der Waals surface area contributed by atoms with Gasteiger partial charge in [-0.05, 0) is 18.8 Å². The van der Waals surface area contributed by atoms with E-state index in [0.29, 0.717) is 19.0 Å². The zero-order valence-electron chi connectivity index (χ0n) is 10.4. The van der Waals surface area contributed by atoms with Gasteiger partial charge in [-0.25, -0.2) is 4.79 Å². The molecule has 7 heteroatoms. The second-order valence-electron chi connectivity index (χ2n) is 4.45. The molecule has 0 aromatic heterocycles. The summed E-state index contributed by atoms with van der Waals surface area (Å²) in [5.41, 5.74) is 0. The van der Waals surface area contributed by atoms with Crippen LogP contribution in [0.2, 0.25) is 0 Å². The molecule has 1 fully saturated rings. The van der Waals surface area contributed by atoms with Crippen LogP contribution in [-0.4, -0.2) is 54.6 Å². The second kappa shape index (κ2) is 6.95. The number of aliphatic carboxylic acids is 1. The molecule has 3 N–H and O–H groups in total. The molecule has 1 saturated carbocycles. The summed E-state index contributed by atoms with van der Waals surface area (Å²) in [7, 11) is 1.42. The van der Waals surface area contributed by atoms with Crippen molar-refractivity contribution in [1.82, 2.24) is 15.5 Å². The number of carbonyl (C=O) groups is 3. The van der Waals surface area contributed by atoms with Gasteiger partial charge in [-0.3, -0.25) is 19.8 Å². The Morgan fingerprint density at radius 2 is 2.00 bits per heavy atom. The van der Waals surface area contributed by atoms with Gasteiger partial charge in [0.2, 0.25) is 5.91 Å². The summed E-state index contributed by atoms with van der Waals surface area (Å²) in [6.07, 6.45) is 2.37. The van der Waals surface area contributed by atoms with Crippen molar-refractivity contribution in [3.05, 3.63) is 0 Å². The monoisotopic (exact) mass is 257 g/mol. The zero-order valence-corrected chi connectivity index (χ0v) is 10.4. The first-order valence-electron chi connectivity index (χ1n) is 5.97. The van der Waals surface area contributed by atoms with E-state index >= 15 is 0 Å². The van der Waals surface area contributed by atoms with Gasteiger partial charge in [0.1, 0.15) is 0 Å². The number of rotatable bonds is 7. The summed E-state index contributed by atoms with van der Waals surface area (Å²) in [4.78, 5) is 34.7. The minimum absolute atomic E-state index is 0.0657. The highest BCUT2D eigenvalue weighted by Gasteiger charge is 2.25. The summed E-state index contributed by atoms with van der Waals surface area (Å²) < 4.78 is 0. The normalized spacial score (nSPS) is 14.3. The van der Waals surface area contributed by atoms with Crippen molar-refractivity contribution in [2.75, 3.05) is 26.7 Å². The molecule has 0 bridgehead atoms. The Bertz CT molecular complexity index is 328. The number of nitrogens with zero attached hydrogens (tertiary/aromatic N) is 1. The molecule has 0 atom stereocenters. The van der Waals surface area contributed by atoms with Crippen molar-refractivity contribution in [2.24, 2.45) is 5.92 Å². The van der Waals surface area contributed by atoms with E-state index in [1.165, 1.54) is 7.05 Å². The van der Waals surface area contributed by atoms with Crippen LogP contribution >= 0.6 is 0 Å². The number of nitrogens with one attached hydrogen (secondary N) is 2. The highest BCUT2D eigenvalue weighted by atomic mass is 16.4. The van der Waals surface area contributed by atoms with Gasteiger partial charge in [-0.2, -0.15) is 0 Å². The molecule has 0 spiro atoms. The first-order chi connectivity index (χ1) is 8.51. The molecule has 0 radical (unpaired) electrons. The maximum Gasteiger partial charge on any atom is 0.321 e. The van der Waals surface area contributed by atoms with Crippen molar-refractivity contribution >= 4 is 17.9 Å². The van der Waals surface area contributed by atoms with Gasteiger partial charge in [0.25, 0.3) is 0 Å². The SMILES string of the molecule is CNC(=O)NC(=O)CCN(CC(=O)O)CC1CC1. The molecule has 0 unspecified atom stereocenters. The smallest absolute Gasteiger partial charge is 0.321 e. The molecule has 7 nitrogen and oxygen atoms in total. The van der Waals surface area contributed by atoms with E-state index in [2.05, 4.69) is 10.6 Å². The molecular formula is C11H19N3O4. The van der Waals surface area contributed by atoms with Crippen LogP contribution in [0, 0.1) is 5.92 Å². The topological polar surface area (TPSA) is 98.7 Å². The average molecular weight is 257 g/mol. The number of carboxylic acids is 1. The number of imide groups is 1. The lowest BCUT2D eigenvalue weighted by Gasteiger charge is -2.19. The van der Waals surface area contributed by atoms with Crippen LogP contribution < -0.4 is 10.6 Å². The van der Waals surface area contributed by atoms with E-state index in [0.717, 1.165) is 12.8 Å². The van der Waals surface area contributed by atoms with Crippen molar-refractivity contribution in [3.63, 3.8) is 0 Å². The fourth-order valence-corrected chi connectivity index (χ4v) is 1.60. The van der Waals surface area contributed by atoms with Crippen molar-refractivity contribution in [3.8, 4) is 0 Å². The minimum Gasteiger partial charge on any atom is -0.480 e. The first-order valence-corrected chi connectivity index (χ1v) is 5.97. The number of hydrogen-bond donors (Lipinski definition) is 3. The maximum atomic E-state index is 11.4. The fourth-order valence-electron chi connectivity index (χ4n) is 1.60. The van der Waals surface area contributed by atoms with Crippen molar-refractivity contribution in [1.29, 1.82) is 0 Å². The van der Waals surface area contributed by atoms with Crippen LogP contribution in [0.5, 0.6) is 0 Å². The lowest BCUT2D eigenvalue weighted by molar-refractivity contribution is -0.138. The Balaban J connectivity index is 2.28. The molecule has 0 aliphatic heterocycles. The summed E-state index contributed by atoms with van der Waals surface area (Å²) in [6, 6.07) is -0.549. The largest absolute Gasteiger partial charge is 0.480 e. The van der Waals surface area contributed by atoms with Gasteiger partial charge >= 0.3 is 12.0 Å². The summed E-state index contributed by atoms with van der Waals surface area (Å²) in [5, 5.41) is 13.2. The summed E-state index contributed by atoms with van der Waals surface area (Å²) in [6.45, 7) is 0.995. The molecule has 0 heterocycles. The van der Waals surface area contributed by atoms with E-state index in [1.54, 1.807) is 4.90 Å². The van der Waals surface area contributed by atoms with E-state index in [4.69, 9.17) is 5.11 Å². The highest BCUT2D eigenvalue weighted by molar-refractivity contribution is 5.94. The third kappa shape index (κ3) is 6.19. The quantitative estimate of drug-likeness (QED) is 0.578. The summed E-state index contributed by atoms with van der Waals surface area (Å²) >= 11 is 0. The standard InChI is InChI=1S/C11H19N3O4/c1-12-11(18)13-9(15)4-5-14(7-10(16)17)6-8-2-3-8/h8H,2-7H2,1H3,(H,16,17)(H2,12,13,15,18). The Kier molecular flexibility index (Phi) is 5.57. The van der Waals surface area contributed by atoms with Crippen LogP contribution in [0.3, 0.4) is 0 Å². The van der Waals surface area contributed by atoms with Gasteiger partial charge in [0.15, 0.2) is 0 Å². The van der Waals surface area contributed by atoms with Crippen LogP contribution in [0.15, 0.2) is 0 Å². The molecule has 0 aromatic carbocycles. The molecule has 0 aromatic rings. The van der Waals surface area contributed by atoms with Crippen molar-refractivity contribution < 1.29 is 19.5 Å². The van der Waals surface area contributed by atoms with Gasteiger partial charge in [0.05, 0.1) is 6.54 Å². The molecular weight excluding hydrogens is 238 g/mol. The third-order valence-electron chi connectivity index (χ3n) is 2.71. The summed E-state index contributed by atoms with van der Waals surface area (Å²) in [5.74, 6) is -0.741.